The molecule has 0 unspecified atom stereocenters. The van der Waals surface area contributed by atoms with Crippen LogP contribution in [0.4, 0.5) is 0 Å². The Kier molecular flexibility index (Phi) is 4.51. The van der Waals surface area contributed by atoms with E-state index in [2.05, 4.69) is 6.58 Å². The fraction of sp³-hybridized carbons (Fsp3) is 0.118. The molecule has 96 valence electrons. The minimum absolute atomic E-state index is 0.0557. The van der Waals surface area contributed by atoms with Gasteiger partial charge in [-0.1, -0.05) is 48.5 Å². The number of allylic oxidation sites excluding steroid dienone is 1. The summed E-state index contributed by atoms with van der Waals surface area (Å²) in [7, 11) is 0. The van der Waals surface area contributed by atoms with E-state index in [9.17, 15) is 4.79 Å². The van der Waals surface area contributed by atoms with Crippen molar-refractivity contribution < 1.29 is 9.53 Å². The number of benzene rings is 2. The van der Waals surface area contributed by atoms with E-state index in [0.717, 1.165) is 5.56 Å². The van der Waals surface area contributed by atoms with Crippen LogP contribution in [0.3, 0.4) is 0 Å². The molecule has 0 aliphatic rings. The van der Waals surface area contributed by atoms with Gasteiger partial charge < -0.3 is 4.74 Å². The summed E-state index contributed by atoms with van der Waals surface area (Å²) in [4.78, 5) is 11.7. The molecule has 2 rings (SSSR count). The van der Waals surface area contributed by atoms with Crippen LogP contribution in [0, 0.1) is 0 Å². The predicted molar refractivity (Wildman–Crippen MR) is 76.4 cm³/mol. The maximum atomic E-state index is 11.7. The molecule has 0 fully saturated rings. The van der Waals surface area contributed by atoms with Crippen molar-refractivity contribution in [2.75, 3.05) is 0 Å². The molecular weight excluding hydrogens is 236 g/mol. The van der Waals surface area contributed by atoms with Crippen LogP contribution in [0.1, 0.15) is 22.3 Å². The van der Waals surface area contributed by atoms with Crippen LogP contribution in [0.5, 0.6) is 5.75 Å². The van der Waals surface area contributed by atoms with E-state index >= 15 is 0 Å². The fourth-order valence-corrected chi connectivity index (χ4v) is 1.75. The van der Waals surface area contributed by atoms with Crippen LogP contribution in [-0.2, 0) is 6.61 Å². The fourth-order valence-electron chi connectivity index (χ4n) is 1.75. The molecule has 2 heteroatoms. The van der Waals surface area contributed by atoms with Gasteiger partial charge in [0.05, 0.1) is 0 Å². The first-order chi connectivity index (χ1) is 9.29. The summed E-state index contributed by atoms with van der Waals surface area (Å²) in [6.07, 6.45) is 1.96. The Labute approximate surface area is 113 Å². The number of hydrogen-bond donors (Lipinski definition) is 0. The van der Waals surface area contributed by atoms with Gasteiger partial charge in [-0.15, -0.1) is 6.58 Å². The zero-order valence-corrected chi connectivity index (χ0v) is 10.7. The number of Topliss-reactive ketones (excluding diaryl/α,β-unsaturated/α-hetero) is 1. The normalized spacial score (nSPS) is 9.89. The van der Waals surface area contributed by atoms with Crippen molar-refractivity contribution in [2.24, 2.45) is 0 Å². The molecule has 2 aromatic rings. The Morgan fingerprint density at radius 1 is 1.11 bits per heavy atom. The molecule has 0 atom stereocenters. The van der Waals surface area contributed by atoms with Gasteiger partial charge in [-0.05, 0) is 17.7 Å². The molecule has 0 saturated heterocycles. The number of rotatable bonds is 6. The molecule has 0 aliphatic carbocycles. The van der Waals surface area contributed by atoms with E-state index in [1.54, 1.807) is 18.2 Å². The van der Waals surface area contributed by atoms with Crippen molar-refractivity contribution in [1.29, 1.82) is 0 Å². The summed E-state index contributed by atoms with van der Waals surface area (Å²) >= 11 is 0. The average molecular weight is 252 g/mol. The SMILES string of the molecule is C=CCC(=O)c1cccc(OCc2ccccc2)c1. The molecule has 0 amide bonds. The molecule has 0 spiro atoms. The van der Waals surface area contributed by atoms with Crippen LogP contribution < -0.4 is 4.74 Å². The standard InChI is InChI=1S/C17H16O2/c1-2-7-17(18)15-10-6-11-16(12-15)19-13-14-8-4-3-5-9-14/h2-6,8-12H,1,7,13H2. The summed E-state index contributed by atoms with van der Waals surface area (Å²) in [6, 6.07) is 17.2. The first-order valence-corrected chi connectivity index (χ1v) is 6.20. The van der Waals surface area contributed by atoms with Gasteiger partial charge in [0, 0.05) is 12.0 Å². The third-order valence-corrected chi connectivity index (χ3v) is 2.73. The van der Waals surface area contributed by atoms with Gasteiger partial charge >= 0.3 is 0 Å². The third-order valence-electron chi connectivity index (χ3n) is 2.73. The first-order valence-electron chi connectivity index (χ1n) is 6.20. The number of carbonyl (C=O) groups excluding carboxylic acids is 1. The summed E-state index contributed by atoms with van der Waals surface area (Å²) in [5.41, 5.74) is 1.76. The monoisotopic (exact) mass is 252 g/mol. The van der Waals surface area contributed by atoms with Crippen LogP contribution in [-0.4, -0.2) is 5.78 Å². The largest absolute Gasteiger partial charge is 0.489 e. The molecule has 0 saturated carbocycles. The molecule has 0 N–H and O–H groups in total. The number of ketones is 1. The number of ether oxygens (including phenoxy) is 1. The van der Waals surface area contributed by atoms with E-state index in [4.69, 9.17) is 4.74 Å². The lowest BCUT2D eigenvalue weighted by atomic mass is 10.1. The second-order valence-corrected chi connectivity index (χ2v) is 4.22. The molecule has 0 aromatic heterocycles. The Morgan fingerprint density at radius 3 is 2.63 bits per heavy atom. The highest BCUT2D eigenvalue weighted by Crippen LogP contribution is 2.16. The summed E-state index contributed by atoms with van der Waals surface area (Å²) in [5.74, 6) is 0.763. The van der Waals surface area contributed by atoms with Gasteiger partial charge in [0.25, 0.3) is 0 Å². The van der Waals surface area contributed by atoms with Crippen LogP contribution in [0.2, 0.25) is 0 Å². The van der Waals surface area contributed by atoms with Crippen LogP contribution >= 0.6 is 0 Å². The van der Waals surface area contributed by atoms with Crippen molar-refractivity contribution in [3.63, 3.8) is 0 Å². The average Bonchev–Trinajstić information content (AvgIpc) is 2.47. The molecule has 0 aliphatic heterocycles. The second kappa shape index (κ2) is 6.55. The summed E-state index contributed by atoms with van der Waals surface area (Å²) in [5, 5.41) is 0. The van der Waals surface area contributed by atoms with E-state index in [0.29, 0.717) is 24.3 Å². The van der Waals surface area contributed by atoms with Crippen LogP contribution in [0.15, 0.2) is 67.3 Å². The maximum Gasteiger partial charge on any atom is 0.166 e. The molecular formula is C17H16O2. The Hall–Kier alpha value is -2.35. The molecule has 2 aromatic carbocycles. The Balaban J connectivity index is 2.03. The summed E-state index contributed by atoms with van der Waals surface area (Å²) < 4.78 is 5.68. The Morgan fingerprint density at radius 2 is 1.89 bits per heavy atom. The smallest absolute Gasteiger partial charge is 0.166 e. The zero-order valence-electron chi connectivity index (χ0n) is 10.7. The van der Waals surface area contributed by atoms with Crippen molar-refractivity contribution in [3.05, 3.63) is 78.4 Å². The highest BCUT2D eigenvalue weighted by atomic mass is 16.5. The van der Waals surface area contributed by atoms with Gasteiger partial charge in [-0.3, -0.25) is 4.79 Å². The van der Waals surface area contributed by atoms with E-state index in [1.807, 2.05) is 42.5 Å². The first kappa shape index (κ1) is 13.1. The van der Waals surface area contributed by atoms with Gasteiger partial charge in [-0.25, -0.2) is 0 Å². The minimum atomic E-state index is 0.0557. The Bertz CT molecular complexity index is 558. The van der Waals surface area contributed by atoms with Crippen molar-refractivity contribution in [1.82, 2.24) is 0 Å². The molecule has 0 heterocycles. The predicted octanol–water partition coefficient (Wildman–Crippen LogP) is 4.02. The van der Waals surface area contributed by atoms with E-state index in [1.165, 1.54) is 0 Å². The molecule has 19 heavy (non-hydrogen) atoms. The van der Waals surface area contributed by atoms with Crippen LogP contribution in [0.25, 0.3) is 0 Å². The van der Waals surface area contributed by atoms with Crippen molar-refractivity contribution >= 4 is 5.78 Å². The van der Waals surface area contributed by atoms with Gasteiger partial charge in [0.2, 0.25) is 0 Å². The lowest BCUT2D eigenvalue weighted by Gasteiger charge is -2.07. The van der Waals surface area contributed by atoms with Crippen molar-refractivity contribution in [2.45, 2.75) is 13.0 Å². The number of carbonyl (C=O) groups is 1. The zero-order chi connectivity index (χ0) is 13.5. The quantitative estimate of drug-likeness (QED) is 0.573. The topological polar surface area (TPSA) is 26.3 Å². The van der Waals surface area contributed by atoms with E-state index in [-0.39, 0.29) is 5.78 Å². The lowest BCUT2D eigenvalue weighted by Crippen LogP contribution is -1.99. The molecule has 2 nitrogen and oxygen atoms in total. The van der Waals surface area contributed by atoms with Gasteiger partial charge in [0.1, 0.15) is 12.4 Å². The van der Waals surface area contributed by atoms with Gasteiger partial charge in [0.15, 0.2) is 5.78 Å². The van der Waals surface area contributed by atoms with Crippen molar-refractivity contribution in [3.8, 4) is 5.75 Å². The highest BCUT2D eigenvalue weighted by molar-refractivity contribution is 5.97. The maximum absolute atomic E-state index is 11.7. The summed E-state index contributed by atoms with van der Waals surface area (Å²) in [6.45, 7) is 4.07. The molecule has 0 bridgehead atoms. The number of hydrogen-bond acceptors (Lipinski definition) is 2. The van der Waals surface area contributed by atoms with E-state index < -0.39 is 0 Å². The third kappa shape index (κ3) is 3.81. The second-order valence-electron chi connectivity index (χ2n) is 4.22. The minimum Gasteiger partial charge on any atom is -0.489 e. The highest BCUT2D eigenvalue weighted by Gasteiger charge is 2.05. The lowest BCUT2D eigenvalue weighted by molar-refractivity contribution is 0.0995. The van der Waals surface area contributed by atoms with Gasteiger partial charge in [-0.2, -0.15) is 0 Å². The molecule has 0 radical (unpaired) electrons.